The van der Waals surface area contributed by atoms with Crippen molar-refractivity contribution in [2.24, 2.45) is 0 Å². The molecule has 1 saturated heterocycles. The quantitative estimate of drug-likeness (QED) is 0.939. The predicted octanol–water partition coefficient (Wildman–Crippen LogP) is 2.48. The van der Waals surface area contributed by atoms with Gasteiger partial charge in [0, 0.05) is 30.4 Å². The molecule has 1 aliphatic heterocycles. The Morgan fingerprint density at radius 3 is 2.55 bits per heavy atom. The number of nitrogens with one attached hydrogen (secondary N) is 1. The van der Waals surface area contributed by atoms with Crippen molar-refractivity contribution < 1.29 is 9.32 Å². The fourth-order valence-corrected chi connectivity index (χ4v) is 2.55. The smallest absolute Gasteiger partial charge is 0.316 e. The van der Waals surface area contributed by atoms with E-state index in [-0.39, 0.29) is 17.8 Å². The molecule has 3 rings (SSSR count). The van der Waals surface area contributed by atoms with E-state index in [1.165, 1.54) is 18.5 Å². The van der Waals surface area contributed by atoms with Crippen molar-refractivity contribution >= 4 is 11.6 Å². The summed E-state index contributed by atoms with van der Waals surface area (Å²) in [6, 6.07) is 8.07. The van der Waals surface area contributed by atoms with Gasteiger partial charge in [-0.05, 0) is 51.0 Å². The van der Waals surface area contributed by atoms with Crippen LogP contribution in [0, 0.1) is 0 Å². The van der Waals surface area contributed by atoms with E-state index >= 15 is 0 Å². The maximum atomic E-state index is 11.8. The van der Waals surface area contributed by atoms with Gasteiger partial charge in [0.15, 0.2) is 0 Å². The highest BCUT2D eigenvalue weighted by molar-refractivity contribution is 5.90. The maximum Gasteiger partial charge on any atom is 0.316 e. The molecule has 0 unspecified atom stereocenters. The third kappa shape index (κ3) is 3.10. The van der Waals surface area contributed by atoms with Gasteiger partial charge in [0.1, 0.15) is 0 Å². The monoisotopic (exact) mass is 300 g/mol. The molecule has 0 radical (unpaired) electrons. The molecule has 0 atom stereocenters. The Bertz CT molecular complexity index is 642. The first-order valence-corrected chi connectivity index (χ1v) is 7.63. The first-order chi connectivity index (χ1) is 10.6. The number of carbonyl (C=O) groups is 1. The van der Waals surface area contributed by atoms with E-state index in [0.29, 0.717) is 5.82 Å². The Morgan fingerprint density at radius 1 is 1.23 bits per heavy atom. The average Bonchev–Trinajstić information content (AvgIpc) is 3.19. The zero-order valence-corrected chi connectivity index (χ0v) is 12.9. The molecule has 0 bridgehead atoms. The molecular weight excluding hydrogens is 280 g/mol. The summed E-state index contributed by atoms with van der Waals surface area (Å²) in [5.41, 5.74) is 2.05. The van der Waals surface area contributed by atoms with Crippen LogP contribution in [0.5, 0.6) is 0 Å². The molecule has 1 aromatic heterocycles. The van der Waals surface area contributed by atoms with Crippen LogP contribution in [0.25, 0.3) is 11.4 Å². The van der Waals surface area contributed by atoms with Crippen LogP contribution in [0.1, 0.15) is 37.4 Å². The second-order valence-electron chi connectivity index (χ2n) is 5.79. The molecule has 1 aromatic carbocycles. The number of hydrogen-bond acceptors (Lipinski definition) is 5. The predicted molar refractivity (Wildman–Crippen MR) is 83.8 cm³/mol. The molecule has 0 spiro atoms. The van der Waals surface area contributed by atoms with Crippen LogP contribution in [-0.4, -0.2) is 35.2 Å². The summed E-state index contributed by atoms with van der Waals surface area (Å²) in [7, 11) is 0. The molecule has 1 N–H and O–H groups in total. The van der Waals surface area contributed by atoms with Crippen LogP contribution in [0.15, 0.2) is 28.8 Å². The molecule has 0 saturated carbocycles. The Balaban J connectivity index is 1.74. The molecule has 22 heavy (non-hydrogen) atoms. The van der Waals surface area contributed by atoms with Gasteiger partial charge < -0.3 is 14.7 Å². The number of nitrogens with zero attached hydrogens (tertiary/aromatic N) is 3. The van der Waals surface area contributed by atoms with Crippen LogP contribution in [0.2, 0.25) is 0 Å². The Hall–Kier alpha value is -2.37. The van der Waals surface area contributed by atoms with E-state index in [1.807, 2.05) is 26.0 Å². The molecule has 6 nitrogen and oxygen atoms in total. The SMILES string of the molecule is CC(C)NC(=O)c1nc(-c2ccc(N3CCCC3)cc2)no1. The third-order valence-corrected chi connectivity index (χ3v) is 3.64. The number of anilines is 1. The number of benzene rings is 1. The van der Waals surface area contributed by atoms with E-state index in [0.717, 1.165) is 18.7 Å². The van der Waals surface area contributed by atoms with Crippen molar-refractivity contribution in [2.75, 3.05) is 18.0 Å². The van der Waals surface area contributed by atoms with Crippen LogP contribution in [-0.2, 0) is 0 Å². The topological polar surface area (TPSA) is 71.3 Å². The Labute approximate surface area is 129 Å². The van der Waals surface area contributed by atoms with Gasteiger partial charge in [-0.2, -0.15) is 4.98 Å². The maximum absolute atomic E-state index is 11.8. The number of rotatable bonds is 4. The standard InChI is InChI=1S/C16H20N4O2/c1-11(2)17-15(21)16-18-14(19-22-16)12-5-7-13(8-6-12)20-9-3-4-10-20/h5-8,11H,3-4,9-10H2,1-2H3,(H,17,21). The van der Waals surface area contributed by atoms with Crippen molar-refractivity contribution in [1.29, 1.82) is 0 Å². The number of amides is 1. The zero-order valence-electron chi connectivity index (χ0n) is 12.9. The fraction of sp³-hybridized carbons (Fsp3) is 0.438. The molecule has 1 fully saturated rings. The first-order valence-electron chi connectivity index (χ1n) is 7.63. The summed E-state index contributed by atoms with van der Waals surface area (Å²) in [5, 5.41) is 6.61. The minimum absolute atomic E-state index is 0.00711. The van der Waals surface area contributed by atoms with Crippen molar-refractivity contribution in [1.82, 2.24) is 15.5 Å². The van der Waals surface area contributed by atoms with Crippen molar-refractivity contribution in [3.63, 3.8) is 0 Å². The van der Waals surface area contributed by atoms with Crippen molar-refractivity contribution in [3.05, 3.63) is 30.2 Å². The largest absolute Gasteiger partial charge is 0.372 e. The molecule has 2 heterocycles. The highest BCUT2D eigenvalue weighted by Crippen LogP contribution is 2.23. The molecule has 1 amide bonds. The lowest BCUT2D eigenvalue weighted by atomic mass is 10.2. The van der Waals surface area contributed by atoms with Crippen LogP contribution >= 0.6 is 0 Å². The van der Waals surface area contributed by atoms with Crippen LogP contribution < -0.4 is 10.2 Å². The van der Waals surface area contributed by atoms with E-state index in [2.05, 4.69) is 32.5 Å². The minimum atomic E-state index is -0.345. The lowest BCUT2D eigenvalue weighted by molar-refractivity contribution is 0.0899. The second-order valence-corrected chi connectivity index (χ2v) is 5.79. The molecular formula is C16H20N4O2. The summed E-state index contributed by atoms with van der Waals surface area (Å²) < 4.78 is 5.03. The van der Waals surface area contributed by atoms with Gasteiger partial charge in [0.2, 0.25) is 5.82 Å². The van der Waals surface area contributed by atoms with E-state index in [4.69, 9.17) is 4.52 Å². The molecule has 116 valence electrons. The summed E-state index contributed by atoms with van der Waals surface area (Å²) in [6.07, 6.45) is 2.50. The second kappa shape index (κ2) is 6.17. The van der Waals surface area contributed by atoms with Gasteiger partial charge in [-0.3, -0.25) is 4.79 Å². The van der Waals surface area contributed by atoms with Gasteiger partial charge >= 0.3 is 11.8 Å². The lowest BCUT2D eigenvalue weighted by Gasteiger charge is -2.17. The summed E-state index contributed by atoms with van der Waals surface area (Å²) in [4.78, 5) is 18.3. The van der Waals surface area contributed by atoms with Crippen molar-refractivity contribution in [2.45, 2.75) is 32.7 Å². The Kier molecular flexibility index (Phi) is 4.09. The van der Waals surface area contributed by atoms with Gasteiger partial charge in [-0.1, -0.05) is 5.16 Å². The normalized spacial score (nSPS) is 14.6. The van der Waals surface area contributed by atoms with Crippen LogP contribution in [0.4, 0.5) is 5.69 Å². The average molecular weight is 300 g/mol. The summed E-state index contributed by atoms with van der Waals surface area (Å²) >= 11 is 0. The minimum Gasteiger partial charge on any atom is -0.372 e. The van der Waals surface area contributed by atoms with Crippen molar-refractivity contribution in [3.8, 4) is 11.4 Å². The molecule has 0 aliphatic carbocycles. The molecule has 1 aliphatic rings. The highest BCUT2D eigenvalue weighted by Gasteiger charge is 2.17. The highest BCUT2D eigenvalue weighted by atomic mass is 16.5. The lowest BCUT2D eigenvalue weighted by Crippen LogP contribution is -2.30. The van der Waals surface area contributed by atoms with Gasteiger partial charge in [0.25, 0.3) is 0 Å². The summed E-state index contributed by atoms with van der Waals surface area (Å²) in [5.74, 6) is 0.0802. The summed E-state index contributed by atoms with van der Waals surface area (Å²) in [6.45, 7) is 5.99. The first kappa shape index (κ1) is 14.6. The molecule has 2 aromatic rings. The zero-order chi connectivity index (χ0) is 15.5. The third-order valence-electron chi connectivity index (χ3n) is 3.64. The van der Waals surface area contributed by atoms with Gasteiger partial charge in [-0.25, -0.2) is 0 Å². The van der Waals surface area contributed by atoms with E-state index in [9.17, 15) is 4.79 Å². The van der Waals surface area contributed by atoms with Gasteiger partial charge in [-0.15, -0.1) is 0 Å². The van der Waals surface area contributed by atoms with Crippen LogP contribution in [0.3, 0.4) is 0 Å². The fourth-order valence-electron chi connectivity index (χ4n) is 2.55. The number of aromatic nitrogens is 2. The van der Waals surface area contributed by atoms with E-state index < -0.39 is 0 Å². The Morgan fingerprint density at radius 2 is 1.91 bits per heavy atom. The number of hydrogen-bond donors (Lipinski definition) is 1. The van der Waals surface area contributed by atoms with Gasteiger partial charge in [0.05, 0.1) is 0 Å². The van der Waals surface area contributed by atoms with E-state index in [1.54, 1.807) is 0 Å². The molecule has 6 heteroatoms. The number of carbonyl (C=O) groups excluding carboxylic acids is 1.